The average molecular weight is 400 g/mol. The lowest BCUT2D eigenvalue weighted by Gasteiger charge is -2.14. The maximum absolute atomic E-state index is 12.4. The van der Waals surface area contributed by atoms with Crippen molar-refractivity contribution < 1.29 is 9.94 Å². The molecule has 0 aliphatic rings. The molecule has 0 aliphatic heterocycles. The molecule has 0 saturated carbocycles. The first-order chi connectivity index (χ1) is 14.0. The van der Waals surface area contributed by atoms with Crippen molar-refractivity contribution in [2.75, 3.05) is 7.11 Å². The Bertz CT molecular complexity index is 821. The van der Waals surface area contributed by atoms with Gasteiger partial charge in [-0.25, -0.2) is 0 Å². The molecule has 29 heavy (non-hydrogen) atoms. The van der Waals surface area contributed by atoms with Crippen molar-refractivity contribution in [1.82, 2.24) is 4.73 Å². The van der Waals surface area contributed by atoms with Crippen LogP contribution in [-0.2, 0) is 12.8 Å². The Balaban J connectivity index is 1.56. The van der Waals surface area contributed by atoms with Crippen LogP contribution in [0, 0.1) is 20.8 Å². The van der Waals surface area contributed by atoms with Gasteiger partial charge in [0.05, 0.1) is 18.5 Å². The van der Waals surface area contributed by atoms with Gasteiger partial charge in [0.25, 0.3) is 0 Å². The Morgan fingerprint density at radius 1 is 0.793 bits per heavy atom. The molecule has 2 aromatic rings. The number of methoxy groups -OCH3 is 1. The first-order valence-corrected chi connectivity index (χ1v) is 11.0. The second kappa shape index (κ2) is 11.7. The van der Waals surface area contributed by atoms with Crippen LogP contribution in [0.3, 0.4) is 0 Å². The van der Waals surface area contributed by atoms with E-state index in [-0.39, 0.29) is 5.43 Å². The molecule has 0 unspecified atom stereocenters. The van der Waals surface area contributed by atoms with Crippen LogP contribution in [-0.4, -0.2) is 17.0 Å². The monoisotopic (exact) mass is 399 g/mol. The highest BCUT2D eigenvalue weighted by atomic mass is 16.5. The van der Waals surface area contributed by atoms with Crippen LogP contribution >= 0.6 is 0 Å². The molecule has 1 aromatic heterocycles. The molecular weight excluding hydrogens is 362 g/mol. The predicted octanol–water partition coefficient (Wildman–Crippen LogP) is 5.93. The summed E-state index contributed by atoms with van der Waals surface area (Å²) in [6.45, 7) is 5.40. The van der Waals surface area contributed by atoms with Crippen LogP contribution in [0.4, 0.5) is 0 Å². The largest absolute Gasteiger partial charge is 0.497 e. The minimum atomic E-state index is 0.0992. The second-order valence-electron chi connectivity index (χ2n) is 8.09. The zero-order valence-corrected chi connectivity index (χ0v) is 18.6. The normalized spacial score (nSPS) is 11.0. The number of ether oxygens (including phenoxy) is 1. The van der Waals surface area contributed by atoms with Crippen molar-refractivity contribution >= 4 is 0 Å². The number of pyridine rings is 1. The van der Waals surface area contributed by atoms with Gasteiger partial charge in [-0.05, 0) is 64.2 Å². The average Bonchev–Trinajstić information content (AvgIpc) is 2.74. The van der Waals surface area contributed by atoms with Crippen LogP contribution in [0.2, 0.25) is 0 Å². The number of nitrogens with zero attached hydrogens (tertiary/aromatic N) is 1. The van der Waals surface area contributed by atoms with E-state index in [1.165, 1.54) is 44.1 Å². The molecule has 1 aromatic carbocycles. The Morgan fingerprint density at radius 3 is 1.86 bits per heavy atom. The van der Waals surface area contributed by atoms with Gasteiger partial charge in [0, 0.05) is 11.1 Å². The Labute approximate surface area is 175 Å². The second-order valence-corrected chi connectivity index (χ2v) is 8.09. The van der Waals surface area contributed by atoms with Crippen LogP contribution in [0.15, 0.2) is 29.1 Å². The lowest BCUT2D eigenvalue weighted by molar-refractivity contribution is 0.169. The number of benzene rings is 1. The summed E-state index contributed by atoms with van der Waals surface area (Å²) in [7, 11) is 1.70. The molecule has 4 nitrogen and oxygen atoms in total. The minimum absolute atomic E-state index is 0.0992. The van der Waals surface area contributed by atoms with Gasteiger partial charge >= 0.3 is 0 Å². The summed E-state index contributed by atoms with van der Waals surface area (Å²) in [6.07, 6.45) is 11.6. The number of rotatable bonds is 12. The van der Waals surface area contributed by atoms with E-state index in [2.05, 4.69) is 12.1 Å². The maximum Gasteiger partial charge on any atom is 0.188 e. The van der Waals surface area contributed by atoms with Crippen molar-refractivity contribution in [3.8, 4) is 5.75 Å². The zero-order chi connectivity index (χ0) is 21.2. The Hall–Kier alpha value is -2.23. The summed E-state index contributed by atoms with van der Waals surface area (Å²) in [6, 6.07) is 8.37. The van der Waals surface area contributed by atoms with Crippen LogP contribution < -0.4 is 10.2 Å². The topological polar surface area (TPSA) is 51.5 Å². The van der Waals surface area contributed by atoms with E-state index in [1.807, 2.05) is 19.1 Å². The van der Waals surface area contributed by atoms with Crippen LogP contribution in [0.5, 0.6) is 5.75 Å². The molecule has 0 bridgehead atoms. The Kier molecular flexibility index (Phi) is 9.30. The van der Waals surface area contributed by atoms with Gasteiger partial charge in [-0.2, -0.15) is 4.73 Å². The molecule has 0 amide bonds. The third-order valence-corrected chi connectivity index (χ3v) is 6.03. The van der Waals surface area contributed by atoms with Crippen LogP contribution in [0.25, 0.3) is 0 Å². The van der Waals surface area contributed by atoms with Crippen molar-refractivity contribution in [3.05, 3.63) is 62.6 Å². The molecule has 0 spiro atoms. The van der Waals surface area contributed by atoms with E-state index < -0.39 is 0 Å². The molecular formula is C25H37NO3. The summed E-state index contributed by atoms with van der Waals surface area (Å²) < 4.78 is 6.36. The van der Waals surface area contributed by atoms with E-state index in [4.69, 9.17) is 4.74 Å². The Morgan fingerprint density at radius 2 is 1.31 bits per heavy atom. The van der Waals surface area contributed by atoms with Crippen molar-refractivity contribution in [1.29, 1.82) is 0 Å². The molecule has 0 aliphatic carbocycles. The number of hydrogen-bond donors (Lipinski definition) is 1. The summed E-state index contributed by atoms with van der Waals surface area (Å²) in [5, 5.41) is 10.1. The van der Waals surface area contributed by atoms with Crippen molar-refractivity contribution in [3.63, 3.8) is 0 Å². The molecule has 4 heteroatoms. The number of unbranched alkanes of at least 4 members (excludes halogenated alkanes) is 7. The SMILES string of the molecule is COc1ccc(CCCCCCCCCCc2c(C)n(O)c(C)c(C)c2=O)cc1. The van der Waals surface area contributed by atoms with E-state index in [9.17, 15) is 10.0 Å². The number of aromatic nitrogens is 1. The smallest absolute Gasteiger partial charge is 0.188 e. The lowest BCUT2D eigenvalue weighted by Crippen LogP contribution is -2.22. The number of hydrogen-bond acceptors (Lipinski definition) is 3. The molecule has 2 rings (SSSR count). The lowest BCUT2D eigenvalue weighted by atomic mass is 10.0. The molecule has 0 fully saturated rings. The third kappa shape index (κ3) is 6.66. The van der Waals surface area contributed by atoms with Gasteiger partial charge in [-0.15, -0.1) is 0 Å². The van der Waals surface area contributed by atoms with E-state index in [0.717, 1.165) is 41.7 Å². The van der Waals surface area contributed by atoms with Gasteiger partial charge in [-0.3, -0.25) is 4.79 Å². The minimum Gasteiger partial charge on any atom is -0.497 e. The molecule has 0 saturated heterocycles. The summed E-state index contributed by atoms with van der Waals surface area (Å²) in [5.74, 6) is 0.920. The standard InChI is InChI=1S/C25H37NO3/c1-19-20(2)26(28)21(3)24(25(19)27)14-12-10-8-6-5-7-9-11-13-22-15-17-23(29-4)18-16-22/h15-18,28H,5-14H2,1-4H3. The summed E-state index contributed by atoms with van der Waals surface area (Å²) >= 11 is 0. The number of aryl methyl sites for hydroxylation is 1. The van der Waals surface area contributed by atoms with Crippen LogP contribution in [0.1, 0.15) is 79.4 Å². The van der Waals surface area contributed by atoms with E-state index in [1.54, 1.807) is 21.0 Å². The summed E-state index contributed by atoms with van der Waals surface area (Å²) in [5.41, 5.74) is 4.24. The van der Waals surface area contributed by atoms with Gasteiger partial charge in [0.1, 0.15) is 5.75 Å². The molecule has 1 N–H and O–H groups in total. The van der Waals surface area contributed by atoms with Gasteiger partial charge in [0.15, 0.2) is 5.43 Å². The fraction of sp³-hybridized carbons (Fsp3) is 0.560. The zero-order valence-electron chi connectivity index (χ0n) is 18.6. The summed E-state index contributed by atoms with van der Waals surface area (Å²) in [4.78, 5) is 12.4. The van der Waals surface area contributed by atoms with E-state index >= 15 is 0 Å². The van der Waals surface area contributed by atoms with Gasteiger partial charge in [-0.1, -0.05) is 50.7 Å². The van der Waals surface area contributed by atoms with Crippen molar-refractivity contribution in [2.24, 2.45) is 0 Å². The highest BCUT2D eigenvalue weighted by molar-refractivity contribution is 5.30. The van der Waals surface area contributed by atoms with Gasteiger partial charge in [0.2, 0.25) is 0 Å². The molecule has 0 radical (unpaired) electrons. The third-order valence-electron chi connectivity index (χ3n) is 6.03. The fourth-order valence-electron chi connectivity index (χ4n) is 3.87. The predicted molar refractivity (Wildman–Crippen MR) is 119 cm³/mol. The molecule has 1 heterocycles. The highest BCUT2D eigenvalue weighted by Crippen LogP contribution is 2.16. The van der Waals surface area contributed by atoms with Crippen molar-refractivity contribution in [2.45, 2.75) is 85.0 Å². The first-order valence-electron chi connectivity index (χ1n) is 11.0. The van der Waals surface area contributed by atoms with E-state index in [0.29, 0.717) is 17.0 Å². The quantitative estimate of drug-likeness (QED) is 0.356. The molecule has 0 atom stereocenters. The van der Waals surface area contributed by atoms with Gasteiger partial charge < -0.3 is 9.94 Å². The maximum atomic E-state index is 12.4. The molecule has 160 valence electrons. The fourth-order valence-corrected chi connectivity index (χ4v) is 3.87. The highest BCUT2D eigenvalue weighted by Gasteiger charge is 2.13. The first kappa shape index (κ1) is 23.1.